The zero-order chi connectivity index (χ0) is 20.9. The number of guanidine groups is 1. The second-order valence-electron chi connectivity index (χ2n) is 7.89. The molecule has 0 radical (unpaired) electrons. The van der Waals surface area contributed by atoms with Crippen molar-refractivity contribution in [1.82, 2.24) is 20.1 Å². The van der Waals surface area contributed by atoms with E-state index in [2.05, 4.69) is 32.8 Å². The Kier molecular flexibility index (Phi) is 5.92. The van der Waals surface area contributed by atoms with Gasteiger partial charge in [0.1, 0.15) is 0 Å². The number of hydrogen-bond acceptors (Lipinski definition) is 4. The van der Waals surface area contributed by atoms with Gasteiger partial charge in [-0.05, 0) is 43.2 Å². The number of carbonyl (C=O) groups is 1. The Labute approximate surface area is 175 Å². The molecule has 0 unspecified atom stereocenters. The predicted molar refractivity (Wildman–Crippen MR) is 117 cm³/mol. The standard InChI is InChI=1S/C22H27N7O/c23-22(24)26-12-15-6-8-17(9-7-15)21(30)28-19-10-11-25-20-18(19)13-27-29(20)14-16-4-2-1-3-5-16/h1-5,10-11,13,15,17H,6-9,12,14H2,(H4,23,24,26)(H,25,28,30)/t15-,17-. The highest BCUT2D eigenvalue weighted by Gasteiger charge is 2.26. The van der Waals surface area contributed by atoms with Gasteiger partial charge in [0.2, 0.25) is 5.91 Å². The van der Waals surface area contributed by atoms with Crippen LogP contribution in [0.15, 0.2) is 48.8 Å². The zero-order valence-corrected chi connectivity index (χ0v) is 16.8. The zero-order valence-electron chi connectivity index (χ0n) is 16.8. The fraction of sp³-hybridized carbons (Fsp3) is 0.364. The summed E-state index contributed by atoms with van der Waals surface area (Å²) in [5.41, 5.74) is 8.02. The number of rotatable bonds is 6. The number of amides is 1. The van der Waals surface area contributed by atoms with Crippen LogP contribution >= 0.6 is 0 Å². The molecule has 8 nitrogen and oxygen atoms in total. The van der Waals surface area contributed by atoms with Gasteiger partial charge in [0.15, 0.2) is 11.6 Å². The number of pyridine rings is 1. The van der Waals surface area contributed by atoms with Gasteiger partial charge in [0.25, 0.3) is 0 Å². The molecule has 2 aromatic heterocycles. The van der Waals surface area contributed by atoms with Crippen molar-refractivity contribution in [3.63, 3.8) is 0 Å². The van der Waals surface area contributed by atoms with Gasteiger partial charge in [-0.15, -0.1) is 0 Å². The van der Waals surface area contributed by atoms with Gasteiger partial charge in [0.05, 0.1) is 23.8 Å². The predicted octanol–water partition coefficient (Wildman–Crippen LogP) is 2.71. The number of aromatic nitrogens is 3. The molecule has 1 aliphatic rings. The van der Waals surface area contributed by atoms with Crippen molar-refractivity contribution in [3.8, 4) is 0 Å². The number of fused-ring (bicyclic) bond motifs is 1. The summed E-state index contributed by atoms with van der Waals surface area (Å²) in [4.78, 5) is 17.3. The molecule has 1 aliphatic carbocycles. The summed E-state index contributed by atoms with van der Waals surface area (Å²) < 4.78 is 1.85. The SMILES string of the molecule is N=C(N)NC[C@H]1CC[C@H](C(=O)Nc2ccnc3c2cnn3Cc2ccccc2)CC1. The average Bonchev–Trinajstić information content (AvgIpc) is 3.17. The average molecular weight is 406 g/mol. The lowest BCUT2D eigenvalue weighted by Gasteiger charge is -2.28. The molecule has 8 heteroatoms. The Bertz CT molecular complexity index is 1020. The minimum atomic E-state index is 0.00107. The van der Waals surface area contributed by atoms with E-state index in [-0.39, 0.29) is 17.8 Å². The molecule has 1 fully saturated rings. The maximum atomic E-state index is 12.9. The van der Waals surface area contributed by atoms with Gasteiger partial charge in [0, 0.05) is 18.7 Å². The first-order valence-corrected chi connectivity index (χ1v) is 10.3. The van der Waals surface area contributed by atoms with Crippen LogP contribution < -0.4 is 16.4 Å². The van der Waals surface area contributed by atoms with E-state index in [0.29, 0.717) is 19.0 Å². The molecular weight excluding hydrogens is 378 g/mol. The van der Waals surface area contributed by atoms with Crippen LogP contribution in [-0.2, 0) is 11.3 Å². The van der Waals surface area contributed by atoms with Gasteiger partial charge < -0.3 is 16.4 Å². The van der Waals surface area contributed by atoms with E-state index in [4.69, 9.17) is 11.1 Å². The monoisotopic (exact) mass is 405 g/mol. The van der Waals surface area contributed by atoms with Crippen molar-refractivity contribution >= 4 is 28.6 Å². The smallest absolute Gasteiger partial charge is 0.227 e. The number of carbonyl (C=O) groups excluding carboxylic acids is 1. The van der Waals surface area contributed by atoms with Crippen LogP contribution in [0.5, 0.6) is 0 Å². The Morgan fingerprint density at radius 2 is 1.93 bits per heavy atom. The third kappa shape index (κ3) is 4.59. The van der Waals surface area contributed by atoms with Crippen LogP contribution in [0.2, 0.25) is 0 Å². The maximum absolute atomic E-state index is 12.9. The highest BCUT2D eigenvalue weighted by Crippen LogP contribution is 2.30. The summed E-state index contributed by atoms with van der Waals surface area (Å²) in [5, 5.41) is 18.6. The first kappa shape index (κ1) is 19.9. The molecule has 0 atom stereocenters. The third-order valence-corrected chi connectivity index (χ3v) is 5.77. The number of nitrogens with zero attached hydrogens (tertiary/aromatic N) is 3. The van der Waals surface area contributed by atoms with Gasteiger partial charge >= 0.3 is 0 Å². The van der Waals surface area contributed by atoms with E-state index in [1.807, 2.05) is 28.9 Å². The van der Waals surface area contributed by atoms with Gasteiger partial charge in [-0.25, -0.2) is 9.67 Å². The van der Waals surface area contributed by atoms with Gasteiger partial charge in [-0.3, -0.25) is 10.2 Å². The molecule has 2 heterocycles. The number of hydrogen-bond donors (Lipinski definition) is 4. The number of anilines is 1. The highest BCUT2D eigenvalue weighted by atomic mass is 16.1. The third-order valence-electron chi connectivity index (χ3n) is 5.77. The summed E-state index contributed by atoms with van der Waals surface area (Å²) in [6.07, 6.45) is 7.09. The molecule has 4 rings (SSSR count). The molecule has 5 N–H and O–H groups in total. The maximum Gasteiger partial charge on any atom is 0.227 e. The Morgan fingerprint density at radius 3 is 2.67 bits per heavy atom. The van der Waals surface area contributed by atoms with E-state index in [1.165, 1.54) is 0 Å². The van der Waals surface area contributed by atoms with Crippen LogP contribution in [0, 0.1) is 17.2 Å². The molecule has 1 aromatic carbocycles. The molecule has 0 saturated heterocycles. The number of nitrogens with two attached hydrogens (primary N) is 1. The van der Waals surface area contributed by atoms with Crippen LogP contribution in [0.1, 0.15) is 31.2 Å². The van der Waals surface area contributed by atoms with Crippen molar-refractivity contribution in [2.24, 2.45) is 17.6 Å². The topological polar surface area (TPSA) is 122 Å². The Balaban J connectivity index is 1.40. The first-order valence-electron chi connectivity index (χ1n) is 10.3. The molecule has 0 aliphatic heterocycles. The van der Waals surface area contributed by atoms with Crippen LogP contribution in [0.3, 0.4) is 0 Å². The lowest BCUT2D eigenvalue weighted by atomic mass is 9.81. The van der Waals surface area contributed by atoms with E-state index < -0.39 is 0 Å². The summed E-state index contributed by atoms with van der Waals surface area (Å²) >= 11 is 0. The summed E-state index contributed by atoms with van der Waals surface area (Å²) in [7, 11) is 0. The van der Waals surface area contributed by atoms with Crippen molar-refractivity contribution in [3.05, 3.63) is 54.4 Å². The Morgan fingerprint density at radius 1 is 1.17 bits per heavy atom. The molecule has 0 spiro atoms. The molecule has 1 saturated carbocycles. The molecule has 1 amide bonds. The fourth-order valence-corrected chi connectivity index (χ4v) is 4.08. The number of benzene rings is 1. The summed E-state index contributed by atoms with van der Waals surface area (Å²) in [6.45, 7) is 1.34. The highest BCUT2D eigenvalue weighted by molar-refractivity contribution is 6.00. The molecule has 30 heavy (non-hydrogen) atoms. The van der Waals surface area contributed by atoms with E-state index in [9.17, 15) is 4.79 Å². The quantitative estimate of drug-likeness (QED) is 0.371. The van der Waals surface area contributed by atoms with Gasteiger partial charge in [-0.1, -0.05) is 30.3 Å². The molecule has 156 valence electrons. The minimum Gasteiger partial charge on any atom is -0.370 e. The van der Waals surface area contributed by atoms with Gasteiger partial charge in [-0.2, -0.15) is 5.10 Å². The fourth-order valence-electron chi connectivity index (χ4n) is 4.08. The lowest BCUT2D eigenvalue weighted by Crippen LogP contribution is -2.36. The van der Waals surface area contributed by atoms with E-state index in [0.717, 1.165) is 48.0 Å². The first-order chi connectivity index (χ1) is 14.6. The second-order valence-corrected chi connectivity index (χ2v) is 7.89. The Hall–Kier alpha value is -3.42. The van der Waals surface area contributed by atoms with Crippen molar-refractivity contribution in [2.45, 2.75) is 32.2 Å². The number of nitrogens with one attached hydrogen (secondary N) is 3. The summed E-state index contributed by atoms with van der Waals surface area (Å²) in [5.74, 6) is 0.517. The van der Waals surface area contributed by atoms with Crippen LogP contribution in [-0.4, -0.2) is 33.2 Å². The van der Waals surface area contributed by atoms with Crippen LogP contribution in [0.25, 0.3) is 11.0 Å². The van der Waals surface area contributed by atoms with Crippen LogP contribution in [0.4, 0.5) is 5.69 Å². The minimum absolute atomic E-state index is 0.00107. The van der Waals surface area contributed by atoms with Crippen molar-refractivity contribution in [1.29, 1.82) is 5.41 Å². The lowest BCUT2D eigenvalue weighted by molar-refractivity contribution is -0.121. The normalized spacial score (nSPS) is 18.8. The second kappa shape index (κ2) is 8.94. The van der Waals surface area contributed by atoms with E-state index in [1.54, 1.807) is 12.4 Å². The molecule has 0 bridgehead atoms. The van der Waals surface area contributed by atoms with Crippen molar-refractivity contribution < 1.29 is 4.79 Å². The van der Waals surface area contributed by atoms with E-state index >= 15 is 0 Å². The molecule has 3 aromatic rings. The largest absolute Gasteiger partial charge is 0.370 e. The summed E-state index contributed by atoms with van der Waals surface area (Å²) in [6, 6.07) is 11.9. The molecular formula is C22H27N7O. The van der Waals surface area contributed by atoms with Crippen molar-refractivity contribution in [2.75, 3.05) is 11.9 Å².